The fourth-order valence-electron chi connectivity index (χ4n) is 1.99. The molecule has 0 amide bonds. The summed E-state index contributed by atoms with van der Waals surface area (Å²) in [6.45, 7) is 2.80. The van der Waals surface area contributed by atoms with Gasteiger partial charge in [-0.05, 0) is 17.7 Å². The van der Waals surface area contributed by atoms with Gasteiger partial charge >= 0.3 is 0 Å². The molecule has 1 atom stereocenters. The smallest absolute Gasteiger partial charge is 0.244 e. The Morgan fingerprint density at radius 2 is 2.26 bits per heavy atom. The number of hydrogen-bond acceptors (Lipinski definition) is 4. The van der Waals surface area contributed by atoms with Gasteiger partial charge in [-0.15, -0.1) is 0 Å². The Bertz CT molecular complexity index is 562. The molecular formula is C12H16ClNO3S2. The number of halogens is 1. The van der Waals surface area contributed by atoms with E-state index < -0.39 is 10.0 Å². The molecule has 0 aromatic heterocycles. The third-order valence-corrected chi connectivity index (χ3v) is 6.48. The molecule has 1 aromatic rings. The molecule has 0 bridgehead atoms. The summed E-state index contributed by atoms with van der Waals surface area (Å²) < 4.78 is 26.6. The van der Waals surface area contributed by atoms with Crippen LogP contribution in [0.4, 0.5) is 0 Å². The SMILES string of the molecule is CC1CN(S(=O)(=O)c2cc(CO)ccc2Cl)CCS1. The van der Waals surface area contributed by atoms with E-state index in [1.165, 1.54) is 16.4 Å². The molecule has 7 heteroatoms. The van der Waals surface area contributed by atoms with E-state index in [-0.39, 0.29) is 21.8 Å². The number of aliphatic hydroxyl groups is 1. The first kappa shape index (κ1) is 15.1. The average molecular weight is 322 g/mol. The van der Waals surface area contributed by atoms with Gasteiger partial charge < -0.3 is 5.11 Å². The van der Waals surface area contributed by atoms with Gasteiger partial charge in [0, 0.05) is 24.1 Å². The van der Waals surface area contributed by atoms with Crippen LogP contribution in [0.15, 0.2) is 23.1 Å². The van der Waals surface area contributed by atoms with Crippen molar-refractivity contribution in [3.63, 3.8) is 0 Å². The van der Waals surface area contributed by atoms with Gasteiger partial charge in [-0.3, -0.25) is 0 Å². The quantitative estimate of drug-likeness (QED) is 0.924. The molecule has 4 nitrogen and oxygen atoms in total. The fourth-order valence-corrected chi connectivity index (χ4v) is 5.27. The fraction of sp³-hybridized carbons (Fsp3) is 0.500. The highest BCUT2D eigenvalue weighted by Gasteiger charge is 2.30. The van der Waals surface area contributed by atoms with Gasteiger partial charge in [0.15, 0.2) is 0 Å². The molecule has 2 rings (SSSR count). The van der Waals surface area contributed by atoms with Crippen molar-refractivity contribution in [2.75, 3.05) is 18.8 Å². The zero-order valence-corrected chi connectivity index (χ0v) is 12.9. The minimum Gasteiger partial charge on any atom is -0.392 e. The Balaban J connectivity index is 2.38. The lowest BCUT2D eigenvalue weighted by Gasteiger charge is -2.30. The highest BCUT2D eigenvalue weighted by atomic mass is 35.5. The van der Waals surface area contributed by atoms with Gasteiger partial charge in [0.1, 0.15) is 4.90 Å². The van der Waals surface area contributed by atoms with E-state index in [1.54, 1.807) is 17.8 Å². The number of thioether (sulfide) groups is 1. The van der Waals surface area contributed by atoms with Crippen molar-refractivity contribution >= 4 is 33.4 Å². The minimum atomic E-state index is -3.58. The molecule has 1 heterocycles. The third kappa shape index (κ3) is 3.25. The second-order valence-corrected chi connectivity index (χ2v) is 8.33. The molecular weight excluding hydrogens is 306 g/mol. The predicted octanol–water partition coefficient (Wildman–Crippen LogP) is 1.96. The topological polar surface area (TPSA) is 57.6 Å². The number of nitrogens with zero attached hydrogens (tertiary/aromatic N) is 1. The van der Waals surface area contributed by atoms with Crippen LogP contribution < -0.4 is 0 Å². The van der Waals surface area contributed by atoms with Gasteiger partial charge in [-0.25, -0.2) is 8.42 Å². The minimum absolute atomic E-state index is 0.0832. The zero-order chi connectivity index (χ0) is 14.0. The van der Waals surface area contributed by atoms with E-state index in [1.807, 2.05) is 6.92 Å². The Labute approximate surface area is 122 Å². The van der Waals surface area contributed by atoms with Gasteiger partial charge in [0.2, 0.25) is 10.0 Å². The Kier molecular flexibility index (Phi) is 4.79. The van der Waals surface area contributed by atoms with E-state index in [2.05, 4.69) is 0 Å². The summed E-state index contributed by atoms with van der Waals surface area (Å²) in [4.78, 5) is 0.0832. The Morgan fingerprint density at radius 1 is 1.53 bits per heavy atom. The first-order valence-corrected chi connectivity index (χ1v) is 8.83. The van der Waals surface area contributed by atoms with Crippen LogP contribution in [0.25, 0.3) is 0 Å². The normalized spacial score (nSPS) is 21.5. The standard InChI is InChI=1S/C12H16ClNO3S2/c1-9-7-14(4-5-18-9)19(16,17)12-6-10(8-15)2-3-11(12)13/h2-3,6,9,15H,4-5,7-8H2,1H3. The van der Waals surface area contributed by atoms with Crippen molar-refractivity contribution in [1.82, 2.24) is 4.31 Å². The molecule has 1 aliphatic rings. The third-order valence-electron chi connectivity index (χ3n) is 3.00. The lowest BCUT2D eigenvalue weighted by molar-refractivity contribution is 0.281. The summed E-state index contributed by atoms with van der Waals surface area (Å²) in [7, 11) is -3.58. The van der Waals surface area contributed by atoms with Crippen LogP contribution in [0.1, 0.15) is 12.5 Å². The maximum atomic E-state index is 12.6. The summed E-state index contributed by atoms with van der Waals surface area (Å²) in [5.74, 6) is 0.789. The van der Waals surface area contributed by atoms with Crippen molar-refractivity contribution in [2.24, 2.45) is 0 Å². The van der Waals surface area contributed by atoms with Gasteiger partial charge in [0.05, 0.1) is 11.6 Å². The molecule has 0 radical (unpaired) electrons. The Morgan fingerprint density at radius 3 is 2.89 bits per heavy atom. The molecule has 0 spiro atoms. The molecule has 0 saturated carbocycles. The molecule has 1 fully saturated rings. The maximum absolute atomic E-state index is 12.6. The maximum Gasteiger partial charge on any atom is 0.244 e. The van der Waals surface area contributed by atoms with Gasteiger partial charge in [0.25, 0.3) is 0 Å². The van der Waals surface area contributed by atoms with Crippen molar-refractivity contribution in [1.29, 1.82) is 0 Å². The molecule has 19 heavy (non-hydrogen) atoms. The van der Waals surface area contributed by atoms with Crippen molar-refractivity contribution in [2.45, 2.75) is 23.7 Å². The van der Waals surface area contributed by atoms with E-state index in [4.69, 9.17) is 16.7 Å². The summed E-state index contributed by atoms with van der Waals surface area (Å²) in [5.41, 5.74) is 0.544. The van der Waals surface area contributed by atoms with E-state index >= 15 is 0 Å². The second kappa shape index (κ2) is 6.01. The van der Waals surface area contributed by atoms with Crippen LogP contribution in [-0.4, -0.2) is 41.9 Å². The molecule has 1 aromatic carbocycles. The molecule has 1 N–H and O–H groups in total. The highest BCUT2D eigenvalue weighted by molar-refractivity contribution is 8.00. The van der Waals surface area contributed by atoms with Crippen molar-refractivity contribution in [3.8, 4) is 0 Å². The number of sulfonamides is 1. The van der Waals surface area contributed by atoms with Gasteiger partial charge in [-0.1, -0.05) is 24.6 Å². The monoisotopic (exact) mass is 321 g/mol. The lowest BCUT2D eigenvalue weighted by Crippen LogP contribution is -2.41. The molecule has 106 valence electrons. The number of benzene rings is 1. The van der Waals surface area contributed by atoms with E-state index in [9.17, 15) is 8.42 Å². The van der Waals surface area contributed by atoms with Crippen LogP contribution in [-0.2, 0) is 16.6 Å². The zero-order valence-electron chi connectivity index (χ0n) is 10.5. The van der Waals surface area contributed by atoms with Crippen LogP contribution in [0, 0.1) is 0 Å². The largest absolute Gasteiger partial charge is 0.392 e. The summed E-state index contributed by atoms with van der Waals surface area (Å²) in [6, 6.07) is 4.59. The average Bonchev–Trinajstić information content (AvgIpc) is 2.39. The predicted molar refractivity (Wildman–Crippen MR) is 78.1 cm³/mol. The molecule has 1 unspecified atom stereocenters. The molecule has 1 aliphatic heterocycles. The summed E-state index contributed by atoms with van der Waals surface area (Å²) in [6.07, 6.45) is 0. The van der Waals surface area contributed by atoms with E-state index in [0.717, 1.165) is 5.75 Å². The number of hydrogen-bond donors (Lipinski definition) is 1. The number of aliphatic hydroxyl groups excluding tert-OH is 1. The summed E-state index contributed by atoms with van der Waals surface area (Å²) >= 11 is 7.77. The summed E-state index contributed by atoms with van der Waals surface area (Å²) in [5, 5.41) is 9.59. The van der Waals surface area contributed by atoms with Gasteiger partial charge in [-0.2, -0.15) is 16.1 Å². The van der Waals surface area contributed by atoms with E-state index in [0.29, 0.717) is 18.7 Å². The molecule has 0 aliphatic carbocycles. The number of rotatable bonds is 3. The van der Waals surface area contributed by atoms with Crippen LogP contribution in [0.2, 0.25) is 5.02 Å². The Hall–Kier alpha value is -0.270. The second-order valence-electron chi connectivity index (χ2n) is 4.47. The first-order chi connectivity index (χ1) is 8.95. The van der Waals surface area contributed by atoms with Crippen LogP contribution >= 0.6 is 23.4 Å². The first-order valence-electron chi connectivity index (χ1n) is 5.96. The van der Waals surface area contributed by atoms with Crippen molar-refractivity contribution < 1.29 is 13.5 Å². The lowest BCUT2D eigenvalue weighted by atomic mass is 10.2. The molecule has 1 saturated heterocycles. The van der Waals surface area contributed by atoms with Crippen LogP contribution in [0.5, 0.6) is 0 Å². The highest BCUT2D eigenvalue weighted by Crippen LogP contribution is 2.29. The van der Waals surface area contributed by atoms with Crippen LogP contribution in [0.3, 0.4) is 0 Å². The van der Waals surface area contributed by atoms with Crippen molar-refractivity contribution in [3.05, 3.63) is 28.8 Å².